The molecule has 2 atom stereocenters. The Labute approximate surface area is 144 Å². The second kappa shape index (κ2) is 6.81. The number of carboxylic acid groups (broad SMARTS) is 1. The Morgan fingerprint density at radius 3 is 2.74 bits per heavy atom. The summed E-state index contributed by atoms with van der Waals surface area (Å²) in [5.41, 5.74) is 3.09. The number of aliphatic carboxylic acids is 1. The zero-order chi connectivity index (χ0) is 16.4. The van der Waals surface area contributed by atoms with Crippen molar-refractivity contribution in [2.45, 2.75) is 31.8 Å². The van der Waals surface area contributed by atoms with Crippen molar-refractivity contribution in [1.29, 1.82) is 0 Å². The molecule has 1 aromatic carbocycles. The number of pyridine rings is 1. The first-order valence-corrected chi connectivity index (χ1v) is 8.53. The highest BCUT2D eigenvalue weighted by Gasteiger charge is 2.37. The Balaban J connectivity index is 2.08. The van der Waals surface area contributed by atoms with Crippen LogP contribution in [0.1, 0.15) is 35.7 Å². The van der Waals surface area contributed by atoms with Crippen molar-refractivity contribution in [2.75, 3.05) is 6.54 Å². The molecule has 23 heavy (non-hydrogen) atoms. The van der Waals surface area contributed by atoms with E-state index in [2.05, 4.69) is 25.8 Å². The van der Waals surface area contributed by atoms with Crippen molar-refractivity contribution in [3.8, 4) is 0 Å². The number of likely N-dealkylation sites (tertiary alicyclic amines) is 1. The predicted molar refractivity (Wildman–Crippen MR) is 92.3 cm³/mol. The van der Waals surface area contributed by atoms with E-state index in [0.717, 1.165) is 34.3 Å². The van der Waals surface area contributed by atoms with E-state index < -0.39 is 12.0 Å². The van der Waals surface area contributed by atoms with Crippen molar-refractivity contribution in [3.05, 3.63) is 63.9 Å². The normalized spacial score (nSPS) is 19.7. The monoisotopic (exact) mass is 374 g/mol. The number of hydrogen-bond donors (Lipinski definition) is 1. The molecular weight excluding hydrogens is 356 g/mol. The van der Waals surface area contributed by atoms with Crippen molar-refractivity contribution in [2.24, 2.45) is 0 Å². The van der Waals surface area contributed by atoms with E-state index in [-0.39, 0.29) is 6.04 Å². The van der Waals surface area contributed by atoms with Crippen LogP contribution in [0.25, 0.3) is 0 Å². The van der Waals surface area contributed by atoms with Crippen LogP contribution in [0.2, 0.25) is 0 Å². The Kier molecular flexibility index (Phi) is 4.78. The number of rotatable bonds is 4. The minimum absolute atomic E-state index is 0.132. The van der Waals surface area contributed by atoms with E-state index in [0.29, 0.717) is 6.42 Å². The SMILES string of the molecule is Cc1cccnc1C(c1ccc(Br)cc1)N1CCCC1C(=O)O. The van der Waals surface area contributed by atoms with E-state index in [1.54, 1.807) is 6.20 Å². The molecule has 1 aliphatic heterocycles. The zero-order valence-corrected chi connectivity index (χ0v) is 14.5. The van der Waals surface area contributed by atoms with Crippen LogP contribution in [0.5, 0.6) is 0 Å². The summed E-state index contributed by atoms with van der Waals surface area (Å²) in [5, 5.41) is 9.57. The fraction of sp³-hybridized carbons (Fsp3) is 0.333. The van der Waals surface area contributed by atoms with Crippen molar-refractivity contribution in [1.82, 2.24) is 9.88 Å². The second-order valence-corrected chi connectivity index (χ2v) is 6.81. The highest BCUT2D eigenvalue weighted by molar-refractivity contribution is 9.10. The molecular formula is C18H19BrN2O2. The zero-order valence-electron chi connectivity index (χ0n) is 12.9. The van der Waals surface area contributed by atoms with Gasteiger partial charge in [-0.1, -0.05) is 34.1 Å². The number of halogens is 1. The van der Waals surface area contributed by atoms with Gasteiger partial charge in [0, 0.05) is 17.2 Å². The van der Waals surface area contributed by atoms with E-state index in [1.807, 2.05) is 43.3 Å². The van der Waals surface area contributed by atoms with E-state index in [9.17, 15) is 9.90 Å². The van der Waals surface area contributed by atoms with Crippen molar-refractivity contribution in [3.63, 3.8) is 0 Å². The van der Waals surface area contributed by atoms with Gasteiger partial charge in [-0.25, -0.2) is 0 Å². The third kappa shape index (κ3) is 3.31. The maximum absolute atomic E-state index is 11.6. The second-order valence-electron chi connectivity index (χ2n) is 5.89. The average molecular weight is 375 g/mol. The predicted octanol–water partition coefficient (Wildman–Crippen LogP) is 3.79. The smallest absolute Gasteiger partial charge is 0.320 e. The lowest BCUT2D eigenvalue weighted by molar-refractivity contribution is -0.142. The summed E-state index contributed by atoms with van der Waals surface area (Å²) in [5.74, 6) is -0.752. The highest BCUT2D eigenvalue weighted by Crippen LogP contribution is 2.35. The molecule has 2 aromatic rings. The number of aromatic nitrogens is 1. The van der Waals surface area contributed by atoms with Gasteiger partial charge in [0.05, 0.1) is 11.7 Å². The minimum Gasteiger partial charge on any atom is -0.480 e. The summed E-state index contributed by atoms with van der Waals surface area (Å²) in [4.78, 5) is 18.3. The average Bonchev–Trinajstić information content (AvgIpc) is 3.01. The molecule has 0 radical (unpaired) electrons. The quantitative estimate of drug-likeness (QED) is 0.884. The molecule has 2 unspecified atom stereocenters. The van der Waals surface area contributed by atoms with Crippen LogP contribution in [-0.4, -0.2) is 33.5 Å². The molecule has 2 heterocycles. The summed E-state index contributed by atoms with van der Waals surface area (Å²) in [6.07, 6.45) is 3.37. The van der Waals surface area contributed by atoms with Gasteiger partial charge in [-0.15, -0.1) is 0 Å². The van der Waals surface area contributed by atoms with E-state index in [4.69, 9.17) is 0 Å². The summed E-state index contributed by atoms with van der Waals surface area (Å²) in [7, 11) is 0. The molecule has 120 valence electrons. The molecule has 0 saturated carbocycles. The maximum atomic E-state index is 11.6. The van der Waals surface area contributed by atoms with E-state index >= 15 is 0 Å². The van der Waals surface area contributed by atoms with Crippen LogP contribution in [0.4, 0.5) is 0 Å². The van der Waals surface area contributed by atoms with Crippen molar-refractivity contribution < 1.29 is 9.90 Å². The number of nitrogens with zero attached hydrogens (tertiary/aromatic N) is 2. The molecule has 0 amide bonds. The van der Waals surface area contributed by atoms with Gasteiger partial charge in [-0.3, -0.25) is 14.7 Å². The van der Waals surface area contributed by atoms with Gasteiger partial charge in [0.1, 0.15) is 6.04 Å². The Morgan fingerprint density at radius 2 is 2.09 bits per heavy atom. The lowest BCUT2D eigenvalue weighted by Gasteiger charge is -2.32. The first-order chi connectivity index (χ1) is 11.1. The number of carboxylic acids is 1. The third-order valence-corrected chi connectivity index (χ3v) is 4.93. The van der Waals surface area contributed by atoms with Crippen LogP contribution in [0, 0.1) is 6.92 Å². The summed E-state index contributed by atoms with van der Waals surface area (Å²) < 4.78 is 1.01. The lowest BCUT2D eigenvalue weighted by atomic mass is 9.97. The first kappa shape index (κ1) is 16.1. The molecule has 3 rings (SSSR count). The Bertz CT molecular complexity index is 702. The van der Waals surface area contributed by atoms with Gasteiger partial charge >= 0.3 is 5.97 Å². The fourth-order valence-electron chi connectivity index (χ4n) is 3.30. The maximum Gasteiger partial charge on any atom is 0.320 e. The van der Waals surface area contributed by atoms with Gasteiger partial charge in [-0.05, 0) is 49.1 Å². The largest absolute Gasteiger partial charge is 0.480 e. The van der Waals surface area contributed by atoms with Crippen LogP contribution in [-0.2, 0) is 4.79 Å². The van der Waals surface area contributed by atoms with Crippen LogP contribution >= 0.6 is 15.9 Å². The van der Waals surface area contributed by atoms with Gasteiger partial charge in [0.2, 0.25) is 0 Å². The Morgan fingerprint density at radius 1 is 1.35 bits per heavy atom. The first-order valence-electron chi connectivity index (χ1n) is 7.73. The molecule has 0 bridgehead atoms. The minimum atomic E-state index is -0.752. The Hall–Kier alpha value is -1.72. The number of benzene rings is 1. The topological polar surface area (TPSA) is 53.4 Å². The van der Waals surface area contributed by atoms with Crippen molar-refractivity contribution >= 4 is 21.9 Å². The lowest BCUT2D eigenvalue weighted by Crippen LogP contribution is -2.39. The molecule has 1 aliphatic rings. The number of aryl methyl sites for hydroxylation is 1. The van der Waals surface area contributed by atoms with Gasteiger partial charge < -0.3 is 5.11 Å². The number of hydrogen-bond acceptors (Lipinski definition) is 3. The van der Waals surface area contributed by atoms with E-state index in [1.165, 1.54) is 0 Å². The van der Waals surface area contributed by atoms with Gasteiger partial charge in [0.25, 0.3) is 0 Å². The highest BCUT2D eigenvalue weighted by atomic mass is 79.9. The number of carbonyl (C=O) groups is 1. The molecule has 1 N–H and O–H groups in total. The molecule has 1 fully saturated rings. The standard InChI is InChI=1S/C18H19BrN2O2/c1-12-4-2-10-20-16(12)17(13-6-8-14(19)9-7-13)21-11-3-5-15(21)18(22)23/h2,4,6-10,15,17H,3,5,11H2,1H3,(H,22,23). The molecule has 0 spiro atoms. The van der Waals surface area contributed by atoms with Gasteiger partial charge in [-0.2, -0.15) is 0 Å². The van der Waals surface area contributed by atoms with Crippen LogP contribution in [0.3, 0.4) is 0 Å². The molecule has 1 aromatic heterocycles. The molecule has 4 nitrogen and oxygen atoms in total. The summed E-state index contributed by atoms with van der Waals surface area (Å²) in [6.45, 7) is 2.80. The summed E-state index contributed by atoms with van der Waals surface area (Å²) in [6, 6.07) is 11.4. The van der Waals surface area contributed by atoms with Gasteiger partial charge in [0.15, 0.2) is 0 Å². The molecule has 0 aliphatic carbocycles. The summed E-state index contributed by atoms with van der Waals surface area (Å²) >= 11 is 3.46. The fourth-order valence-corrected chi connectivity index (χ4v) is 3.56. The third-order valence-electron chi connectivity index (χ3n) is 4.41. The van der Waals surface area contributed by atoms with Crippen LogP contribution in [0.15, 0.2) is 47.1 Å². The molecule has 5 heteroatoms. The van der Waals surface area contributed by atoms with Crippen LogP contribution < -0.4 is 0 Å². The molecule has 1 saturated heterocycles.